The summed E-state index contributed by atoms with van der Waals surface area (Å²) in [6.45, 7) is 3.92. The molecule has 2 atom stereocenters. The minimum absolute atomic E-state index is 0.0728. The van der Waals surface area contributed by atoms with Crippen molar-refractivity contribution < 1.29 is 4.42 Å². The number of hydrogen-bond acceptors (Lipinski definition) is 3. The second-order valence-corrected chi connectivity index (χ2v) is 5.28. The van der Waals surface area contributed by atoms with Crippen LogP contribution in [-0.2, 0) is 0 Å². The molecule has 0 amide bonds. The van der Waals surface area contributed by atoms with Gasteiger partial charge in [0.25, 0.3) is 0 Å². The molecule has 2 N–H and O–H groups in total. The zero-order chi connectivity index (χ0) is 14.8. The molecule has 0 aliphatic heterocycles. The summed E-state index contributed by atoms with van der Waals surface area (Å²) in [6, 6.07) is 13.9. The van der Waals surface area contributed by atoms with Crippen molar-refractivity contribution in [1.82, 2.24) is 9.55 Å². The molecule has 0 saturated carbocycles. The van der Waals surface area contributed by atoms with Crippen molar-refractivity contribution >= 4 is 0 Å². The Morgan fingerprint density at radius 2 is 1.90 bits per heavy atom. The molecular formula is C17H19N3O. The van der Waals surface area contributed by atoms with Crippen LogP contribution in [0.2, 0.25) is 0 Å². The molecule has 0 saturated heterocycles. The molecule has 0 bridgehead atoms. The van der Waals surface area contributed by atoms with Crippen molar-refractivity contribution in [2.24, 2.45) is 5.73 Å². The Balaban J connectivity index is 2.08. The molecule has 4 nitrogen and oxygen atoms in total. The second-order valence-electron chi connectivity index (χ2n) is 5.28. The molecule has 2 unspecified atom stereocenters. The van der Waals surface area contributed by atoms with E-state index in [2.05, 4.69) is 9.55 Å². The number of hydrogen-bond donors (Lipinski definition) is 1. The van der Waals surface area contributed by atoms with Gasteiger partial charge in [0.2, 0.25) is 0 Å². The number of aryl methyl sites for hydroxylation is 1. The van der Waals surface area contributed by atoms with E-state index in [1.807, 2.05) is 62.5 Å². The minimum atomic E-state index is -0.0905. The summed E-state index contributed by atoms with van der Waals surface area (Å²) in [6.07, 6.45) is 3.75. The topological polar surface area (TPSA) is 57.0 Å². The van der Waals surface area contributed by atoms with Crippen LogP contribution in [-0.4, -0.2) is 15.6 Å². The Labute approximate surface area is 124 Å². The average molecular weight is 281 g/mol. The molecule has 3 aromatic rings. The van der Waals surface area contributed by atoms with Crippen LogP contribution in [0.3, 0.4) is 0 Å². The lowest BCUT2D eigenvalue weighted by Crippen LogP contribution is -2.30. The highest BCUT2D eigenvalue weighted by atomic mass is 16.3. The van der Waals surface area contributed by atoms with Gasteiger partial charge in [-0.25, -0.2) is 4.98 Å². The van der Waals surface area contributed by atoms with Crippen LogP contribution >= 0.6 is 0 Å². The quantitative estimate of drug-likeness (QED) is 0.797. The first-order valence-corrected chi connectivity index (χ1v) is 7.07. The number of rotatable bonds is 4. The molecule has 2 aromatic heterocycles. The smallest absolute Gasteiger partial charge is 0.140 e. The molecule has 0 aliphatic carbocycles. The minimum Gasteiger partial charge on any atom is -0.464 e. The van der Waals surface area contributed by atoms with Crippen LogP contribution in [0.15, 0.2) is 59.3 Å². The van der Waals surface area contributed by atoms with Gasteiger partial charge in [0.15, 0.2) is 0 Å². The molecule has 0 aliphatic rings. The second kappa shape index (κ2) is 5.58. The van der Waals surface area contributed by atoms with Gasteiger partial charge in [-0.15, -0.1) is 0 Å². The van der Waals surface area contributed by atoms with E-state index in [1.54, 1.807) is 6.20 Å². The van der Waals surface area contributed by atoms with Gasteiger partial charge in [-0.2, -0.15) is 0 Å². The normalized spacial score (nSPS) is 14.0. The van der Waals surface area contributed by atoms with E-state index in [1.165, 1.54) is 0 Å². The number of benzene rings is 1. The van der Waals surface area contributed by atoms with E-state index in [9.17, 15) is 0 Å². The lowest BCUT2D eigenvalue weighted by molar-refractivity contribution is 0.382. The van der Waals surface area contributed by atoms with E-state index in [4.69, 9.17) is 10.2 Å². The Morgan fingerprint density at radius 1 is 1.14 bits per heavy atom. The van der Waals surface area contributed by atoms with Crippen LogP contribution < -0.4 is 5.73 Å². The molecule has 3 rings (SSSR count). The van der Waals surface area contributed by atoms with Gasteiger partial charge in [0.05, 0.1) is 0 Å². The first-order chi connectivity index (χ1) is 10.2. The number of nitrogens with zero attached hydrogens (tertiary/aromatic N) is 2. The van der Waals surface area contributed by atoms with E-state index >= 15 is 0 Å². The largest absolute Gasteiger partial charge is 0.464 e. The fourth-order valence-corrected chi connectivity index (χ4v) is 2.61. The lowest BCUT2D eigenvalue weighted by atomic mass is 10.1. The van der Waals surface area contributed by atoms with Crippen molar-refractivity contribution in [3.63, 3.8) is 0 Å². The van der Waals surface area contributed by atoms with Crippen molar-refractivity contribution in [1.29, 1.82) is 0 Å². The maximum Gasteiger partial charge on any atom is 0.140 e. The van der Waals surface area contributed by atoms with Gasteiger partial charge in [-0.1, -0.05) is 30.3 Å². The summed E-state index contributed by atoms with van der Waals surface area (Å²) in [7, 11) is 0. The molecule has 108 valence electrons. The maximum atomic E-state index is 6.21. The summed E-state index contributed by atoms with van der Waals surface area (Å²) in [5.41, 5.74) is 7.27. The van der Waals surface area contributed by atoms with Crippen molar-refractivity contribution in [3.8, 4) is 11.4 Å². The van der Waals surface area contributed by atoms with Crippen LogP contribution in [0, 0.1) is 6.92 Å². The third kappa shape index (κ3) is 2.62. The third-order valence-electron chi connectivity index (χ3n) is 3.55. The highest BCUT2D eigenvalue weighted by Crippen LogP contribution is 2.28. The predicted octanol–water partition coefficient (Wildman–Crippen LogP) is 3.39. The molecular weight excluding hydrogens is 262 g/mol. The fraction of sp³-hybridized carbons (Fsp3) is 0.235. The maximum absolute atomic E-state index is 6.21. The third-order valence-corrected chi connectivity index (χ3v) is 3.55. The summed E-state index contributed by atoms with van der Waals surface area (Å²) in [4.78, 5) is 4.49. The Kier molecular flexibility index (Phi) is 3.62. The summed E-state index contributed by atoms with van der Waals surface area (Å²) in [5, 5.41) is 0. The van der Waals surface area contributed by atoms with Gasteiger partial charge >= 0.3 is 0 Å². The van der Waals surface area contributed by atoms with Gasteiger partial charge in [0.1, 0.15) is 23.4 Å². The van der Waals surface area contributed by atoms with Gasteiger partial charge in [-0.05, 0) is 26.0 Å². The van der Waals surface area contributed by atoms with Crippen LogP contribution in [0.25, 0.3) is 11.4 Å². The summed E-state index contributed by atoms with van der Waals surface area (Å²) >= 11 is 0. The number of nitrogens with two attached hydrogens (primary N) is 1. The highest BCUT2D eigenvalue weighted by molar-refractivity contribution is 5.55. The van der Waals surface area contributed by atoms with E-state index < -0.39 is 0 Å². The monoisotopic (exact) mass is 281 g/mol. The van der Waals surface area contributed by atoms with Crippen LogP contribution in [0.4, 0.5) is 0 Å². The van der Waals surface area contributed by atoms with E-state index in [-0.39, 0.29) is 12.1 Å². The highest BCUT2D eigenvalue weighted by Gasteiger charge is 2.24. The van der Waals surface area contributed by atoms with Crippen molar-refractivity contribution in [2.45, 2.75) is 25.9 Å². The zero-order valence-electron chi connectivity index (χ0n) is 12.2. The number of furan rings is 1. The Bertz CT molecular complexity index is 712. The number of imidazole rings is 1. The van der Waals surface area contributed by atoms with Crippen LogP contribution in [0.1, 0.15) is 24.5 Å². The van der Waals surface area contributed by atoms with Gasteiger partial charge < -0.3 is 14.7 Å². The summed E-state index contributed by atoms with van der Waals surface area (Å²) in [5.74, 6) is 2.64. The van der Waals surface area contributed by atoms with E-state index in [0.717, 1.165) is 22.9 Å². The predicted molar refractivity (Wildman–Crippen MR) is 82.9 cm³/mol. The standard InChI is InChI=1S/C17H19N3O/c1-12-8-9-15(21-12)16(13(2)18)20-11-10-19-17(20)14-6-4-3-5-7-14/h3-11,13,16H,18H2,1-2H3. The fourth-order valence-electron chi connectivity index (χ4n) is 2.61. The molecule has 4 heteroatoms. The molecule has 1 aromatic carbocycles. The first kappa shape index (κ1) is 13.6. The molecule has 0 fully saturated rings. The Morgan fingerprint density at radius 3 is 2.52 bits per heavy atom. The molecule has 21 heavy (non-hydrogen) atoms. The van der Waals surface area contributed by atoms with E-state index in [0.29, 0.717) is 0 Å². The van der Waals surface area contributed by atoms with Crippen molar-refractivity contribution in [3.05, 3.63) is 66.4 Å². The summed E-state index contributed by atoms with van der Waals surface area (Å²) < 4.78 is 7.87. The molecule has 0 spiro atoms. The van der Waals surface area contributed by atoms with Crippen LogP contribution in [0.5, 0.6) is 0 Å². The average Bonchev–Trinajstić information content (AvgIpc) is 3.10. The zero-order valence-corrected chi connectivity index (χ0v) is 12.2. The molecule has 2 heterocycles. The van der Waals surface area contributed by atoms with Crippen molar-refractivity contribution in [2.75, 3.05) is 0 Å². The lowest BCUT2D eigenvalue weighted by Gasteiger charge is -2.22. The number of aromatic nitrogens is 2. The SMILES string of the molecule is Cc1ccc(C(C(C)N)n2ccnc2-c2ccccc2)o1. The van der Waals surface area contributed by atoms with Gasteiger partial charge in [0, 0.05) is 24.0 Å². The van der Waals surface area contributed by atoms with Gasteiger partial charge in [-0.3, -0.25) is 0 Å². The Hall–Kier alpha value is -2.33. The molecule has 0 radical (unpaired) electrons. The first-order valence-electron chi connectivity index (χ1n) is 7.07.